The van der Waals surface area contributed by atoms with Crippen LogP contribution in [0.4, 0.5) is 17.3 Å². The minimum Gasteiger partial charge on any atom is -0.418 e. The van der Waals surface area contributed by atoms with Crippen LogP contribution in [0.1, 0.15) is 30.5 Å². The number of fused-ring (bicyclic) bond motifs is 1. The fraction of sp³-hybridized carbons (Fsp3) is 0.211. The Hall–Kier alpha value is -2.02. The van der Waals surface area contributed by atoms with E-state index >= 15 is 0 Å². The van der Waals surface area contributed by atoms with E-state index in [-0.39, 0.29) is 16.7 Å². The fourth-order valence-electron chi connectivity index (χ4n) is 2.91. The third-order valence-electron chi connectivity index (χ3n) is 3.87. The summed E-state index contributed by atoms with van der Waals surface area (Å²) in [5.41, 5.74) is 4.56. The standard InChI is InChI=1S/C19H19OS.BF4/c1-3-21-13-16-11-7-8-12-17(16)18(14(2)20)19(21)15-9-5-4-6-10-15;2-1(3,4)5/h4-12H,3,13H2,1-2H3;/q+1;-1. The van der Waals surface area contributed by atoms with E-state index in [2.05, 4.69) is 49.4 Å². The number of allylic oxidation sites excluding steroid dienone is 1. The first-order valence-corrected chi connectivity index (χ1v) is 9.72. The van der Waals surface area contributed by atoms with Gasteiger partial charge in [-0.3, -0.25) is 4.79 Å². The first-order chi connectivity index (χ1) is 12.2. The van der Waals surface area contributed by atoms with Crippen molar-refractivity contribution in [2.45, 2.75) is 19.6 Å². The minimum atomic E-state index is -6.00. The summed E-state index contributed by atoms with van der Waals surface area (Å²) in [7, 11) is -5.89. The zero-order chi connectivity index (χ0) is 19.3. The van der Waals surface area contributed by atoms with Crippen LogP contribution in [0.25, 0.3) is 10.5 Å². The first-order valence-electron chi connectivity index (χ1n) is 8.16. The van der Waals surface area contributed by atoms with Gasteiger partial charge in [0.25, 0.3) is 0 Å². The molecule has 0 spiro atoms. The van der Waals surface area contributed by atoms with Crippen molar-refractivity contribution in [2.75, 3.05) is 5.75 Å². The van der Waals surface area contributed by atoms with Crippen molar-refractivity contribution < 1.29 is 22.1 Å². The van der Waals surface area contributed by atoms with Crippen molar-refractivity contribution in [2.24, 2.45) is 0 Å². The number of benzene rings is 2. The number of hydrogen-bond donors (Lipinski definition) is 0. The third-order valence-corrected chi connectivity index (χ3v) is 6.24. The molecule has 0 N–H and O–H groups in total. The molecule has 0 aromatic heterocycles. The molecule has 1 aliphatic rings. The highest BCUT2D eigenvalue weighted by Gasteiger charge is 2.36. The monoisotopic (exact) mass is 382 g/mol. The molecule has 138 valence electrons. The van der Waals surface area contributed by atoms with Gasteiger partial charge in [-0.25, -0.2) is 0 Å². The molecule has 0 amide bonds. The highest BCUT2D eigenvalue weighted by Crippen LogP contribution is 2.40. The third kappa shape index (κ3) is 5.24. The molecule has 0 aliphatic carbocycles. The lowest BCUT2D eigenvalue weighted by Gasteiger charge is -2.22. The van der Waals surface area contributed by atoms with Gasteiger partial charge in [-0.05, 0) is 31.5 Å². The molecular weight excluding hydrogens is 363 g/mol. The zero-order valence-electron chi connectivity index (χ0n) is 14.5. The molecule has 1 unspecified atom stereocenters. The second-order valence-electron chi connectivity index (χ2n) is 5.70. The molecule has 26 heavy (non-hydrogen) atoms. The van der Waals surface area contributed by atoms with Gasteiger partial charge in [0.2, 0.25) is 0 Å². The summed E-state index contributed by atoms with van der Waals surface area (Å²) in [4.78, 5) is 13.6. The van der Waals surface area contributed by atoms with E-state index in [0.717, 1.165) is 22.6 Å². The maximum absolute atomic E-state index is 12.4. The molecule has 1 atom stereocenters. The fourth-order valence-corrected chi connectivity index (χ4v) is 5.19. The molecule has 3 rings (SSSR count). The number of hydrogen-bond acceptors (Lipinski definition) is 1. The average molecular weight is 382 g/mol. The van der Waals surface area contributed by atoms with E-state index < -0.39 is 7.25 Å². The predicted molar refractivity (Wildman–Crippen MR) is 102 cm³/mol. The highest BCUT2D eigenvalue weighted by molar-refractivity contribution is 8.05. The lowest BCUT2D eigenvalue weighted by Crippen LogP contribution is -2.20. The van der Waals surface area contributed by atoms with Crippen LogP contribution >= 0.6 is 0 Å². The van der Waals surface area contributed by atoms with Crippen LogP contribution in [0.2, 0.25) is 0 Å². The van der Waals surface area contributed by atoms with Gasteiger partial charge in [-0.15, -0.1) is 0 Å². The Balaban J connectivity index is 0.000000431. The van der Waals surface area contributed by atoms with E-state index in [1.54, 1.807) is 6.92 Å². The van der Waals surface area contributed by atoms with Gasteiger partial charge in [-0.2, -0.15) is 0 Å². The second kappa shape index (κ2) is 8.58. The average Bonchev–Trinajstić information content (AvgIpc) is 2.59. The molecule has 7 heteroatoms. The summed E-state index contributed by atoms with van der Waals surface area (Å²) in [5, 5.41) is 0. The Morgan fingerprint density at radius 3 is 2.08 bits per heavy atom. The van der Waals surface area contributed by atoms with Gasteiger partial charge < -0.3 is 17.3 Å². The van der Waals surface area contributed by atoms with Gasteiger partial charge in [0.15, 0.2) is 10.7 Å². The smallest absolute Gasteiger partial charge is 0.418 e. The van der Waals surface area contributed by atoms with E-state index in [1.807, 2.05) is 12.1 Å². The first kappa shape index (κ1) is 20.3. The summed E-state index contributed by atoms with van der Waals surface area (Å²) in [6.07, 6.45) is 0. The SMILES string of the molecule is CC[S+]1Cc2ccccc2C(C(C)=O)=C1c1ccccc1.F[B-](F)(F)F. The van der Waals surface area contributed by atoms with Crippen molar-refractivity contribution in [3.63, 3.8) is 0 Å². The molecular formula is C19H19BF4OS. The van der Waals surface area contributed by atoms with Crippen molar-refractivity contribution >= 4 is 34.4 Å². The van der Waals surface area contributed by atoms with Crippen LogP contribution in [0.5, 0.6) is 0 Å². The number of halogens is 4. The van der Waals surface area contributed by atoms with Crippen LogP contribution in [0.3, 0.4) is 0 Å². The topological polar surface area (TPSA) is 17.1 Å². The Morgan fingerprint density at radius 1 is 1.00 bits per heavy atom. The molecule has 2 aromatic rings. The number of carbonyl (C=O) groups is 1. The lowest BCUT2D eigenvalue weighted by molar-refractivity contribution is -0.111. The van der Waals surface area contributed by atoms with E-state index in [1.165, 1.54) is 16.0 Å². The summed E-state index contributed by atoms with van der Waals surface area (Å²) in [5.74, 6) is 2.30. The Labute approximate surface area is 153 Å². The van der Waals surface area contributed by atoms with Gasteiger partial charge in [0, 0.05) is 22.0 Å². The molecule has 0 bridgehead atoms. The highest BCUT2D eigenvalue weighted by atomic mass is 32.2. The van der Waals surface area contributed by atoms with Gasteiger partial charge in [-0.1, -0.05) is 42.5 Å². The molecule has 0 radical (unpaired) electrons. The summed E-state index contributed by atoms with van der Waals surface area (Å²) >= 11 is 0. The number of Topliss-reactive ketones (excluding diaryl/α,β-unsaturated/α-hetero) is 1. The Morgan fingerprint density at radius 2 is 1.54 bits per heavy atom. The quantitative estimate of drug-likeness (QED) is 0.384. The number of rotatable bonds is 3. The molecule has 1 nitrogen and oxygen atoms in total. The van der Waals surface area contributed by atoms with Crippen molar-refractivity contribution in [1.82, 2.24) is 0 Å². The zero-order valence-corrected chi connectivity index (χ0v) is 15.3. The van der Waals surface area contributed by atoms with Crippen molar-refractivity contribution in [1.29, 1.82) is 0 Å². The lowest BCUT2D eigenvalue weighted by atomic mass is 9.95. The summed E-state index contributed by atoms with van der Waals surface area (Å²) < 4.78 is 39.0. The molecule has 0 saturated heterocycles. The van der Waals surface area contributed by atoms with Crippen LogP contribution in [0.15, 0.2) is 54.6 Å². The molecule has 1 aliphatic heterocycles. The van der Waals surface area contributed by atoms with E-state index in [4.69, 9.17) is 0 Å². The maximum atomic E-state index is 12.4. The summed E-state index contributed by atoms with van der Waals surface area (Å²) in [6.45, 7) is 3.91. The van der Waals surface area contributed by atoms with Gasteiger partial charge >= 0.3 is 7.25 Å². The predicted octanol–water partition coefficient (Wildman–Crippen LogP) is 5.60. The van der Waals surface area contributed by atoms with Crippen molar-refractivity contribution in [3.8, 4) is 0 Å². The number of ketones is 1. The largest absolute Gasteiger partial charge is 0.673 e. The van der Waals surface area contributed by atoms with E-state index in [0.29, 0.717) is 0 Å². The van der Waals surface area contributed by atoms with Crippen LogP contribution in [-0.2, 0) is 21.4 Å². The number of carbonyl (C=O) groups excluding carboxylic acids is 1. The molecule has 0 saturated carbocycles. The van der Waals surface area contributed by atoms with Gasteiger partial charge in [0.1, 0.15) is 11.5 Å². The van der Waals surface area contributed by atoms with Gasteiger partial charge in [0.05, 0.1) is 5.57 Å². The summed E-state index contributed by atoms with van der Waals surface area (Å²) in [6, 6.07) is 18.7. The molecule has 2 aromatic carbocycles. The van der Waals surface area contributed by atoms with Crippen LogP contribution in [-0.4, -0.2) is 18.8 Å². The van der Waals surface area contributed by atoms with E-state index in [9.17, 15) is 22.1 Å². The molecule has 0 fully saturated rings. The van der Waals surface area contributed by atoms with Crippen LogP contribution < -0.4 is 0 Å². The second-order valence-corrected chi connectivity index (χ2v) is 7.96. The minimum absolute atomic E-state index is 0.106. The maximum Gasteiger partial charge on any atom is 0.673 e. The molecule has 1 heterocycles. The van der Waals surface area contributed by atoms with Crippen LogP contribution in [0, 0.1) is 0 Å². The normalized spacial score (nSPS) is 16.5. The van der Waals surface area contributed by atoms with Crippen molar-refractivity contribution in [3.05, 3.63) is 71.3 Å². The Bertz CT molecular complexity index is 797. The Kier molecular flexibility index (Phi) is 6.70.